The van der Waals surface area contributed by atoms with Crippen LogP contribution < -0.4 is 15.4 Å². The van der Waals surface area contributed by atoms with Crippen molar-refractivity contribution < 1.29 is 14.3 Å². The predicted octanol–water partition coefficient (Wildman–Crippen LogP) is 3.04. The van der Waals surface area contributed by atoms with E-state index in [1.54, 1.807) is 18.2 Å². The maximum absolute atomic E-state index is 11.8. The third kappa shape index (κ3) is 4.28. The molecule has 0 aromatic heterocycles. The molecule has 2 amide bonds. The molecule has 5 nitrogen and oxygen atoms in total. The van der Waals surface area contributed by atoms with E-state index in [1.165, 1.54) is 0 Å². The molecule has 2 rings (SSSR count). The van der Waals surface area contributed by atoms with Gasteiger partial charge in [-0.3, -0.25) is 0 Å². The Labute approximate surface area is 123 Å². The summed E-state index contributed by atoms with van der Waals surface area (Å²) in [4.78, 5) is 11.8. The molecule has 0 radical (unpaired) electrons. The number of urea groups is 1. The SMILES string of the molecule is CC(C)Oc1ccc(NC(=O)N[C@H]2CCOC2)cc1Cl. The quantitative estimate of drug-likeness (QED) is 0.898. The predicted molar refractivity (Wildman–Crippen MR) is 78.6 cm³/mol. The van der Waals surface area contributed by atoms with Gasteiger partial charge in [-0.25, -0.2) is 4.79 Å². The molecular weight excluding hydrogens is 280 g/mol. The molecule has 110 valence electrons. The Bertz CT molecular complexity index is 473. The molecular formula is C14H19ClN2O3. The van der Waals surface area contributed by atoms with Crippen LogP contribution in [0, 0.1) is 0 Å². The number of hydrogen-bond donors (Lipinski definition) is 2. The number of nitrogens with one attached hydrogen (secondary N) is 2. The largest absolute Gasteiger partial charge is 0.489 e. The summed E-state index contributed by atoms with van der Waals surface area (Å²) in [7, 11) is 0. The highest BCUT2D eigenvalue weighted by atomic mass is 35.5. The Morgan fingerprint density at radius 2 is 2.30 bits per heavy atom. The van der Waals surface area contributed by atoms with Crippen LogP contribution in [0.2, 0.25) is 5.02 Å². The molecule has 1 aliphatic heterocycles. The minimum Gasteiger partial charge on any atom is -0.489 e. The van der Waals surface area contributed by atoms with Gasteiger partial charge in [-0.1, -0.05) is 11.6 Å². The number of anilines is 1. The van der Waals surface area contributed by atoms with Gasteiger partial charge in [0.25, 0.3) is 0 Å². The van der Waals surface area contributed by atoms with Crippen molar-refractivity contribution in [2.45, 2.75) is 32.4 Å². The molecule has 0 unspecified atom stereocenters. The zero-order chi connectivity index (χ0) is 14.5. The second-order valence-electron chi connectivity index (χ2n) is 4.97. The number of carbonyl (C=O) groups excluding carboxylic acids is 1. The summed E-state index contributed by atoms with van der Waals surface area (Å²) >= 11 is 6.11. The van der Waals surface area contributed by atoms with Gasteiger partial charge < -0.3 is 20.1 Å². The lowest BCUT2D eigenvalue weighted by Gasteiger charge is -2.14. The van der Waals surface area contributed by atoms with Crippen molar-refractivity contribution >= 4 is 23.3 Å². The van der Waals surface area contributed by atoms with Crippen molar-refractivity contribution in [3.8, 4) is 5.75 Å². The van der Waals surface area contributed by atoms with Crippen LogP contribution in [0.15, 0.2) is 18.2 Å². The number of ether oxygens (including phenoxy) is 2. The standard InChI is InChI=1S/C14H19ClN2O3/c1-9(2)20-13-4-3-10(7-12(13)15)16-14(18)17-11-5-6-19-8-11/h3-4,7,9,11H,5-6,8H2,1-2H3,(H2,16,17,18)/t11-/m0/s1. The topological polar surface area (TPSA) is 59.6 Å². The lowest BCUT2D eigenvalue weighted by molar-refractivity contribution is 0.189. The van der Waals surface area contributed by atoms with Crippen molar-refractivity contribution in [1.82, 2.24) is 5.32 Å². The van der Waals surface area contributed by atoms with Crippen LogP contribution >= 0.6 is 11.6 Å². The van der Waals surface area contributed by atoms with E-state index in [1.807, 2.05) is 13.8 Å². The van der Waals surface area contributed by atoms with E-state index in [2.05, 4.69) is 10.6 Å². The summed E-state index contributed by atoms with van der Waals surface area (Å²) in [6.45, 7) is 5.12. The fraction of sp³-hybridized carbons (Fsp3) is 0.500. The highest BCUT2D eigenvalue weighted by molar-refractivity contribution is 6.32. The first kappa shape index (κ1) is 14.9. The Kier molecular flexibility index (Phi) is 5.09. The van der Waals surface area contributed by atoms with Crippen LogP contribution in [-0.4, -0.2) is 31.4 Å². The van der Waals surface area contributed by atoms with E-state index in [-0.39, 0.29) is 18.2 Å². The van der Waals surface area contributed by atoms with Crippen LogP contribution in [0.5, 0.6) is 5.75 Å². The van der Waals surface area contributed by atoms with E-state index < -0.39 is 0 Å². The van der Waals surface area contributed by atoms with E-state index in [0.717, 1.165) is 6.42 Å². The lowest BCUT2D eigenvalue weighted by atomic mass is 10.2. The smallest absolute Gasteiger partial charge is 0.319 e. The second-order valence-corrected chi connectivity index (χ2v) is 5.38. The maximum Gasteiger partial charge on any atom is 0.319 e. The van der Waals surface area contributed by atoms with Crippen molar-refractivity contribution in [2.24, 2.45) is 0 Å². The fourth-order valence-corrected chi connectivity index (χ4v) is 2.15. The van der Waals surface area contributed by atoms with Crippen molar-refractivity contribution in [3.63, 3.8) is 0 Å². The maximum atomic E-state index is 11.8. The Hall–Kier alpha value is -1.46. The molecule has 6 heteroatoms. The van der Waals surface area contributed by atoms with E-state index in [4.69, 9.17) is 21.1 Å². The van der Waals surface area contributed by atoms with Gasteiger partial charge >= 0.3 is 6.03 Å². The van der Waals surface area contributed by atoms with Crippen LogP contribution in [0.25, 0.3) is 0 Å². The average Bonchev–Trinajstić information content (AvgIpc) is 2.85. The highest BCUT2D eigenvalue weighted by Crippen LogP contribution is 2.28. The number of carbonyl (C=O) groups is 1. The molecule has 1 heterocycles. The first-order valence-corrected chi connectivity index (χ1v) is 7.04. The van der Waals surface area contributed by atoms with Gasteiger partial charge in [0, 0.05) is 12.3 Å². The zero-order valence-electron chi connectivity index (χ0n) is 11.6. The molecule has 0 spiro atoms. The summed E-state index contributed by atoms with van der Waals surface area (Å²) in [6, 6.07) is 5.00. The van der Waals surface area contributed by atoms with Crippen LogP contribution in [0.3, 0.4) is 0 Å². The zero-order valence-corrected chi connectivity index (χ0v) is 12.4. The average molecular weight is 299 g/mol. The normalized spacial score (nSPS) is 18.1. The van der Waals surface area contributed by atoms with Crippen molar-refractivity contribution in [2.75, 3.05) is 18.5 Å². The first-order chi connectivity index (χ1) is 9.54. The van der Waals surface area contributed by atoms with E-state index in [9.17, 15) is 4.79 Å². The Balaban J connectivity index is 1.92. The molecule has 20 heavy (non-hydrogen) atoms. The molecule has 1 atom stereocenters. The Morgan fingerprint density at radius 3 is 2.90 bits per heavy atom. The van der Waals surface area contributed by atoms with Crippen LogP contribution in [0.4, 0.5) is 10.5 Å². The van der Waals surface area contributed by atoms with Crippen molar-refractivity contribution in [1.29, 1.82) is 0 Å². The minimum absolute atomic E-state index is 0.0528. The monoisotopic (exact) mass is 298 g/mol. The van der Waals surface area contributed by atoms with Gasteiger partial charge in [0.2, 0.25) is 0 Å². The Morgan fingerprint density at radius 1 is 1.50 bits per heavy atom. The highest BCUT2D eigenvalue weighted by Gasteiger charge is 2.17. The van der Waals surface area contributed by atoms with E-state index in [0.29, 0.717) is 29.7 Å². The molecule has 2 N–H and O–H groups in total. The lowest BCUT2D eigenvalue weighted by Crippen LogP contribution is -2.38. The van der Waals surface area contributed by atoms with Gasteiger partial charge in [0.15, 0.2) is 0 Å². The number of amides is 2. The third-order valence-electron chi connectivity index (χ3n) is 2.82. The molecule has 0 saturated carbocycles. The van der Waals surface area contributed by atoms with Gasteiger partial charge in [0.05, 0.1) is 23.8 Å². The number of halogens is 1. The molecule has 1 saturated heterocycles. The summed E-state index contributed by atoms with van der Waals surface area (Å²) in [6.07, 6.45) is 0.895. The third-order valence-corrected chi connectivity index (χ3v) is 3.11. The van der Waals surface area contributed by atoms with Gasteiger partial charge in [-0.15, -0.1) is 0 Å². The summed E-state index contributed by atoms with van der Waals surface area (Å²) in [5.41, 5.74) is 0.627. The van der Waals surface area contributed by atoms with Crippen LogP contribution in [0.1, 0.15) is 20.3 Å². The molecule has 1 fully saturated rings. The van der Waals surface area contributed by atoms with Crippen molar-refractivity contribution in [3.05, 3.63) is 23.2 Å². The number of benzene rings is 1. The first-order valence-electron chi connectivity index (χ1n) is 6.66. The minimum atomic E-state index is -0.255. The van der Waals surface area contributed by atoms with E-state index >= 15 is 0 Å². The van der Waals surface area contributed by atoms with Gasteiger partial charge in [-0.2, -0.15) is 0 Å². The molecule has 0 aliphatic carbocycles. The van der Waals surface area contributed by atoms with Crippen LogP contribution in [-0.2, 0) is 4.74 Å². The molecule has 1 aromatic rings. The fourth-order valence-electron chi connectivity index (χ4n) is 1.93. The number of hydrogen-bond acceptors (Lipinski definition) is 3. The van der Waals surface area contributed by atoms with Gasteiger partial charge in [0.1, 0.15) is 5.75 Å². The summed E-state index contributed by atoms with van der Waals surface area (Å²) in [5, 5.41) is 6.06. The molecule has 1 aliphatic rings. The summed E-state index contributed by atoms with van der Waals surface area (Å²) < 4.78 is 10.7. The molecule has 1 aromatic carbocycles. The number of rotatable bonds is 4. The second kappa shape index (κ2) is 6.81. The van der Waals surface area contributed by atoms with Gasteiger partial charge in [-0.05, 0) is 38.5 Å². The molecule has 0 bridgehead atoms. The summed E-state index contributed by atoms with van der Waals surface area (Å²) in [5.74, 6) is 0.608.